The molecule has 1 unspecified atom stereocenters. The minimum absolute atomic E-state index is 0.224. The van der Waals surface area contributed by atoms with Crippen LogP contribution in [0.15, 0.2) is 24.3 Å². The van der Waals surface area contributed by atoms with Crippen molar-refractivity contribution in [2.45, 2.75) is 20.0 Å². The van der Waals surface area contributed by atoms with Crippen molar-refractivity contribution in [3.63, 3.8) is 0 Å². The van der Waals surface area contributed by atoms with Gasteiger partial charge in [0.25, 0.3) is 0 Å². The highest BCUT2D eigenvalue weighted by atomic mass is 16.3. The fourth-order valence-electron chi connectivity index (χ4n) is 1.39. The summed E-state index contributed by atoms with van der Waals surface area (Å²) in [7, 11) is 0. The normalized spacial score (nSPS) is 11.9. The Labute approximate surface area is 108 Å². The van der Waals surface area contributed by atoms with Crippen LogP contribution in [0.2, 0.25) is 0 Å². The molecule has 0 bridgehead atoms. The van der Waals surface area contributed by atoms with Crippen molar-refractivity contribution in [2.75, 3.05) is 25.0 Å². The molecule has 1 aromatic carbocycles. The van der Waals surface area contributed by atoms with Gasteiger partial charge in [-0.05, 0) is 26.0 Å². The zero-order valence-electron chi connectivity index (χ0n) is 10.9. The molecule has 5 nitrogen and oxygen atoms in total. The quantitative estimate of drug-likeness (QED) is 0.572. The van der Waals surface area contributed by atoms with Gasteiger partial charge in [-0.1, -0.05) is 17.7 Å². The molecule has 0 spiro atoms. The second-order valence-corrected chi connectivity index (χ2v) is 4.30. The maximum Gasteiger partial charge on any atom is 0.319 e. The van der Waals surface area contributed by atoms with E-state index < -0.39 is 0 Å². The van der Waals surface area contributed by atoms with E-state index in [1.165, 1.54) is 0 Å². The van der Waals surface area contributed by atoms with E-state index in [4.69, 9.17) is 5.11 Å². The summed E-state index contributed by atoms with van der Waals surface area (Å²) in [6.45, 7) is 5.39. The van der Waals surface area contributed by atoms with Crippen molar-refractivity contribution in [1.29, 1.82) is 0 Å². The number of rotatable bonds is 6. The molecule has 0 fully saturated rings. The van der Waals surface area contributed by atoms with Crippen LogP contribution in [0.3, 0.4) is 0 Å². The molecule has 0 heterocycles. The summed E-state index contributed by atoms with van der Waals surface area (Å²) in [5.41, 5.74) is 1.93. The van der Waals surface area contributed by atoms with Crippen molar-refractivity contribution in [3.05, 3.63) is 29.8 Å². The van der Waals surface area contributed by atoms with Crippen molar-refractivity contribution < 1.29 is 9.90 Å². The number of amides is 2. The third-order valence-corrected chi connectivity index (χ3v) is 2.34. The molecule has 0 aliphatic heterocycles. The van der Waals surface area contributed by atoms with E-state index >= 15 is 0 Å². The number of benzene rings is 1. The number of aliphatic hydroxyl groups is 1. The highest BCUT2D eigenvalue weighted by molar-refractivity contribution is 5.89. The summed E-state index contributed by atoms with van der Waals surface area (Å²) in [5, 5.41) is 17.5. The Balaban J connectivity index is 2.16. The topological polar surface area (TPSA) is 73.4 Å². The number of aryl methyl sites for hydroxylation is 1. The van der Waals surface area contributed by atoms with Crippen molar-refractivity contribution in [2.24, 2.45) is 0 Å². The van der Waals surface area contributed by atoms with Crippen molar-refractivity contribution >= 4 is 11.7 Å². The summed E-state index contributed by atoms with van der Waals surface area (Å²) >= 11 is 0. The van der Waals surface area contributed by atoms with E-state index in [-0.39, 0.29) is 12.1 Å². The first-order valence-electron chi connectivity index (χ1n) is 6.08. The fourth-order valence-corrected chi connectivity index (χ4v) is 1.39. The molecule has 0 aliphatic rings. The molecule has 0 saturated carbocycles. The Morgan fingerprint density at radius 3 is 2.56 bits per heavy atom. The van der Waals surface area contributed by atoms with Gasteiger partial charge in [-0.2, -0.15) is 0 Å². The summed E-state index contributed by atoms with van der Waals surface area (Å²) in [5.74, 6) is 0. The molecular weight excluding hydrogens is 230 g/mol. The summed E-state index contributed by atoms with van der Waals surface area (Å²) in [4.78, 5) is 11.5. The summed E-state index contributed by atoms with van der Waals surface area (Å²) in [6, 6.07) is 7.39. The molecule has 2 amide bonds. The van der Waals surface area contributed by atoms with Gasteiger partial charge >= 0.3 is 6.03 Å². The first-order chi connectivity index (χ1) is 8.58. The lowest BCUT2D eigenvalue weighted by molar-refractivity contribution is 0.191. The first kappa shape index (κ1) is 14.5. The average molecular weight is 251 g/mol. The Bertz CT molecular complexity index is 363. The molecule has 1 aromatic rings. The number of aliphatic hydroxyl groups excluding tert-OH is 1. The molecule has 18 heavy (non-hydrogen) atoms. The molecule has 0 aliphatic carbocycles. The average Bonchev–Trinajstić information content (AvgIpc) is 2.31. The van der Waals surface area contributed by atoms with Crippen LogP contribution >= 0.6 is 0 Å². The highest BCUT2D eigenvalue weighted by Crippen LogP contribution is 2.07. The van der Waals surface area contributed by atoms with Gasteiger partial charge in [-0.15, -0.1) is 0 Å². The van der Waals surface area contributed by atoms with Gasteiger partial charge in [0.2, 0.25) is 0 Å². The predicted molar refractivity (Wildman–Crippen MR) is 72.8 cm³/mol. The van der Waals surface area contributed by atoms with Gasteiger partial charge < -0.3 is 21.1 Å². The standard InChI is InChI=1S/C13H21N3O2/c1-10-3-5-12(6-4-10)16-13(18)15-8-7-14-9-11(2)17/h3-6,11,14,17H,7-9H2,1-2H3,(H2,15,16,18). The second kappa shape index (κ2) is 7.68. The Morgan fingerprint density at radius 2 is 1.94 bits per heavy atom. The smallest absolute Gasteiger partial charge is 0.319 e. The van der Waals surface area contributed by atoms with Crippen LogP contribution in [0.25, 0.3) is 0 Å². The first-order valence-corrected chi connectivity index (χ1v) is 6.08. The molecule has 0 radical (unpaired) electrons. The van der Waals surface area contributed by atoms with E-state index in [1.807, 2.05) is 31.2 Å². The number of hydrogen-bond acceptors (Lipinski definition) is 3. The predicted octanol–water partition coefficient (Wildman–Crippen LogP) is 1.09. The molecule has 100 valence electrons. The number of nitrogens with one attached hydrogen (secondary N) is 3. The van der Waals surface area contributed by atoms with Crippen LogP contribution in [0, 0.1) is 6.92 Å². The highest BCUT2D eigenvalue weighted by Gasteiger charge is 2.00. The fraction of sp³-hybridized carbons (Fsp3) is 0.462. The van der Waals surface area contributed by atoms with Crippen molar-refractivity contribution in [3.8, 4) is 0 Å². The molecule has 1 atom stereocenters. The lowest BCUT2D eigenvalue weighted by Gasteiger charge is -2.09. The molecule has 4 N–H and O–H groups in total. The Kier molecular flexibility index (Phi) is 6.18. The van der Waals surface area contributed by atoms with Crippen LogP contribution in [0.1, 0.15) is 12.5 Å². The molecule has 0 saturated heterocycles. The maximum atomic E-state index is 11.5. The van der Waals surface area contributed by atoms with Gasteiger partial charge in [0.1, 0.15) is 0 Å². The van der Waals surface area contributed by atoms with E-state index in [9.17, 15) is 4.79 Å². The number of urea groups is 1. The molecule has 5 heteroatoms. The molecule has 1 rings (SSSR count). The molecule has 0 aromatic heterocycles. The van der Waals surface area contributed by atoms with E-state index in [0.29, 0.717) is 19.6 Å². The number of carbonyl (C=O) groups is 1. The number of hydrogen-bond donors (Lipinski definition) is 4. The van der Waals surface area contributed by atoms with E-state index in [2.05, 4.69) is 16.0 Å². The Hall–Kier alpha value is -1.59. The number of carbonyl (C=O) groups excluding carboxylic acids is 1. The van der Waals surface area contributed by atoms with Gasteiger partial charge in [0.15, 0.2) is 0 Å². The van der Waals surface area contributed by atoms with Gasteiger partial charge in [-0.25, -0.2) is 4.79 Å². The van der Waals surface area contributed by atoms with Gasteiger partial charge in [0.05, 0.1) is 6.10 Å². The SMILES string of the molecule is Cc1ccc(NC(=O)NCCNCC(C)O)cc1. The lowest BCUT2D eigenvalue weighted by atomic mass is 10.2. The van der Waals surface area contributed by atoms with Crippen molar-refractivity contribution in [1.82, 2.24) is 10.6 Å². The minimum Gasteiger partial charge on any atom is -0.392 e. The summed E-state index contributed by atoms with van der Waals surface area (Å²) in [6.07, 6.45) is -0.369. The third kappa shape index (κ3) is 6.22. The minimum atomic E-state index is -0.369. The van der Waals surface area contributed by atoms with Crippen LogP contribution in [0.4, 0.5) is 10.5 Å². The second-order valence-electron chi connectivity index (χ2n) is 4.30. The van der Waals surface area contributed by atoms with Crippen LogP contribution in [0.5, 0.6) is 0 Å². The largest absolute Gasteiger partial charge is 0.392 e. The zero-order chi connectivity index (χ0) is 13.4. The lowest BCUT2D eigenvalue weighted by Crippen LogP contribution is -2.36. The maximum absolute atomic E-state index is 11.5. The van der Waals surface area contributed by atoms with Crippen LogP contribution in [-0.2, 0) is 0 Å². The van der Waals surface area contributed by atoms with Gasteiger partial charge in [-0.3, -0.25) is 0 Å². The number of anilines is 1. The monoisotopic (exact) mass is 251 g/mol. The van der Waals surface area contributed by atoms with E-state index in [0.717, 1.165) is 11.3 Å². The zero-order valence-corrected chi connectivity index (χ0v) is 10.9. The molecular formula is C13H21N3O2. The van der Waals surface area contributed by atoms with Gasteiger partial charge in [0, 0.05) is 25.3 Å². The van der Waals surface area contributed by atoms with E-state index in [1.54, 1.807) is 6.92 Å². The summed E-state index contributed by atoms with van der Waals surface area (Å²) < 4.78 is 0. The Morgan fingerprint density at radius 1 is 1.28 bits per heavy atom. The van der Waals surface area contributed by atoms with Crippen LogP contribution in [-0.4, -0.2) is 36.9 Å². The van der Waals surface area contributed by atoms with Crippen LogP contribution < -0.4 is 16.0 Å². The third-order valence-electron chi connectivity index (χ3n) is 2.34.